The predicted molar refractivity (Wildman–Crippen MR) is 125 cm³/mol. The normalized spacial score (nSPS) is 19.3. The first-order chi connectivity index (χ1) is 15.3. The van der Waals surface area contributed by atoms with Gasteiger partial charge < -0.3 is 20.0 Å². The summed E-state index contributed by atoms with van der Waals surface area (Å²) < 4.78 is 32.3. The van der Waals surface area contributed by atoms with E-state index in [1.54, 1.807) is 44.3 Å². The van der Waals surface area contributed by atoms with Crippen LogP contribution in [0.5, 0.6) is 0 Å². The van der Waals surface area contributed by atoms with Gasteiger partial charge in [-0.15, -0.1) is 0 Å². The summed E-state index contributed by atoms with van der Waals surface area (Å²) >= 11 is 0. The zero-order valence-electron chi connectivity index (χ0n) is 18.1. The first-order valence-electron chi connectivity index (χ1n) is 10.5. The van der Waals surface area contributed by atoms with Crippen molar-refractivity contribution in [3.63, 3.8) is 0 Å². The Morgan fingerprint density at radius 2 is 2.06 bits per heavy atom. The molecule has 1 fully saturated rings. The summed E-state index contributed by atoms with van der Waals surface area (Å²) in [7, 11) is -3.36. The van der Waals surface area contributed by atoms with E-state index in [9.17, 15) is 13.2 Å². The van der Waals surface area contributed by atoms with Gasteiger partial charge >= 0.3 is 0 Å². The molecule has 1 saturated heterocycles. The van der Waals surface area contributed by atoms with Crippen LogP contribution in [0.25, 0.3) is 10.9 Å². The molecule has 32 heavy (non-hydrogen) atoms. The minimum Gasteiger partial charge on any atom is -0.379 e. The van der Waals surface area contributed by atoms with Crippen molar-refractivity contribution in [2.24, 2.45) is 10.9 Å². The van der Waals surface area contributed by atoms with Gasteiger partial charge in [-0.3, -0.25) is 9.48 Å². The fourth-order valence-corrected chi connectivity index (χ4v) is 5.05. The molecule has 1 aliphatic rings. The number of hydrogen-bond donors (Lipinski definition) is 2. The van der Waals surface area contributed by atoms with Crippen LogP contribution in [-0.4, -0.2) is 54.9 Å². The summed E-state index contributed by atoms with van der Waals surface area (Å²) in [5, 5.41) is 7.83. The van der Waals surface area contributed by atoms with Gasteiger partial charge in [0.1, 0.15) is 5.39 Å². The van der Waals surface area contributed by atoms with Crippen molar-refractivity contribution in [2.45, 2.75) is 36.5 Å². The van der Waals surface area contributed by atoms with Crippen LogP contribution < -0.4 is 10.9 Å². The highest BCUT2D eigenvalue weighted by atomic mass is 32.2. The molecule has 9 nitrogen and oxygen atoms in total. The predicted octanol–water partition coefficient (Wildman–Crippen LogP) is 2.93. The van der Waals surface area contributed by atoms with E-state index in [1.165, 1.54) is 0 Å². The maximum absolute atomic E-state index is 12.7. The average Bonchev–Trinajstić information content (AvgIpc) is 3.14. The number of fused-ring (bicyclic) bond motifs is 1. The Morgan fingerprint density at radius 1 is 1.31 bits per heavy atom. The summed E-state index contributed by atoms with van der Waals surface area (Å²) in [5.41, 5.74) is 1.07. The van der Waals surface area contributed by atoms with Crippen molar-refractivity contribution in [1.82, 2.24) is 14.8 Å². The summed E-state index contributed by atoms with van der Waals surface area (Å²) in [4.78, 5) is 19.7. The first-order valence-corrected chi connectivity index (χ1v) is 12.1. The van der Waals surface area contributed by atoms with Crippen molar-refractivity contribution < 1.29 is 13.2 Å². The molecule has 0 unspecified atom stereocenters. The highest BCUT2D eigenvalue weighted by Crippen LogP contribution is 2.32. The highest BCUT2D eigenvalue weighted by Gasteiger charge is 2.30. The molecule has 2 aromatic heterocycles. The van der Waals surface area contributed by atoms with Gasteiger partial charge in [0.2, 0.25) is 0 Å². The minimum atomic E-state index is -3.36. The Labute approximate surface area is 186 Å². The number of aliphatic imine (C=N–C) groups is 1. The fourth-order valence-electron chi connectivity index (χ4n) is 3.99. The number of benzene rings is 1. The number of aromatic amines is 1. The van der Waals surface area contributed by atoms with Crippen LogP contribution in [-0.2, 0) is 14.6 Å². The molecular weight excluding hydrogens is 430 g/mol. The zero-order chi connectivity index (χ0) is 22.9. The lowest BCUT2D eigenvalue weighted by molar-refractivity contribution is 0.0227. The average molecular weight is 458 g/mol. The van der Waals surface area contributed by atoms with E-state index < -0.39 is 15.1 Å². The van der Waals surface area contributed by atoms with E-state index in [2.05, 4.69) is 22.0 Å². The lowest BCUT2D eigenvalue weighted by atomic mass is 9.95. The largest absolute Gasteiger partial charge is 0.379 e. The second kappa shape index (κ2) is 8.87. The molecule has 170 valence electrons. The Hall–Kier alpha value is -2.98. The Balaban J connectivity index is 1.72. The number of sulfone groups is 1. The number of anilines is 2. The van der Waals surface area contributed by atoms with Crippen LogP contribution in [0.3, 0.4) is 0 Å². The first kappa shape index (κ1) is 22.2. The molecule has 2 N–H and O–H groups in total. The smallest absolute Gasteiger partial charge is 0.261 e. The third kappa shape index (κ3) is 4.07. The van der Waals surface area contributed by atoms with Crippen LogP contribution in [0.15, 0.2) is 51.2 Å². The van der Waals surface area contributed by atoms with Gasteiger partial charge in [0.15, 0.2) is 15.7 Å². The number of hydrogen-bond acceptors (Lipinski definition) is 7. The third-order valence-corrected chi connectivity index (χ3v) is 8.01. The van der Waals surface area contributed by atoms with Gasteiger partial charge in [-0.25, -0.2) is 8.42 Å². The van der Waals surface area contributed by atoms with E-state index in [-0.39, 0.29) is 22.4 Å². The molecule has 0 radical (unpaired) electrons. The van der Waals surface area contributed by atoms with Crippen LogP contribution in [0, 0.1) is 5.92 Å². The van der Waals surface area contributed by atoms with E-state index >= 15 is 0 Å². The molecule has 0 spiro atoms. The molecule has 0 bridgehead atoms. The number of ether oxygens (including phenoxy) is 1. The highest BCUT2D eigenvalue weighted by molar-refractivity contribution is 7.92. The molecular formula is C22H27N5O4S. The summed E-state index contributed by atoms with van der Waals surface area (Å²) in [5.74, 6) is 0.606. The lowest BCUT2D eigenvalue weighted by Gasteiger charge is -2.31. The van der Waals surface area contributed by atoms with Gasteiger partial charge in [0.25, 0.3) is 5.56 Å². The molecule has 0 amide bonds. The number of aromatic nitrogens is 3. The molecule has 3 aromatic rings. The standard InChI is InChI=1S/C22H27N5O4S/c1-14(2)32(29,30)17-6-4-16(5-7-17)25-21-20-18(8-10-24-22(20)28)27(26-21)19-13-31-11-9-15(19)12-23-3/h4-8,10,14-15,19H,3,9,11-13H2,1-2H3,(H,24,28)(H,25,26)/t15-,19+/m1/s1. The molecule has 1 aliphatic heterocycles. The maximum atomic E-state index is 12.7. The number of nitrogens with zero attached hydrogens (tertiary/aromatic N) is 3. The molecule has 4 rings (SSSR count). The number of rotatable bonds is 7. The minimum absolute atomic E-state index is 0.0762. The monoisotopic (exact) mass is 457 g/mol. The van der Waals surface area contributed by atoms with Crippen molar-refractivity contribution in [2.75, 3.05) is 25.1 Å². The molecule has 1 aromatic carbocycles. The fraction of sp³-hybridized carbons (Fsp3) is 0.409. The van der Waals surface area contributed by atoms with Gasteiger partial charge in [-0.1, -0.05) is 0 Å². The molecule has 10 heteroatoms. The topological polar surface area (TPSA) is 118 Å². The SMILES string of the molecule is C=NC[C@H]1CCOC[C@@H]1n1nc(Nc2ccc(S(=O)(=O)C(C)C)cc2)c2c(=O)[nH]ccc21. The summed E-state index contributed by atoms with van der Waals surface area (Å²) in [6.45, 7) is 8.65. The molecule has 0 aliphatic carbocycles. The summed E-state index contributed by atoms with van der Waals surface area (Å²) in [6.07, 6.45) is 2.44. The Kier molecular flexibility index (Phi) is 6.16. The van der Waals surface area contributed by atoms with E-state index in [1.807, 2.05) is 10.7 Å². The van der Waals surface area contributed by atoms with Gasteiger partial charge in [0, 0.05) is 31.0 Å². The van der Waals surface area contributed by atoms with Crippen molar-refractivity contribution >= 4 is 39.0 Å². The molecule has 3 heterocycles. The van der Waals surface area contributed by atoms with E-state index in [0.29, 0.717) is 42.2 Å². The number of nitrogens with one attached hydrogen (secondary N) is 2. The second-order valence-corrected chi connectivity index (χ2v) is 10.7. The van der Waals surface area contributed by atoms with Crippen LogP contribution in [0.2, 0.25) is 0 Å². The number of pyridine rings is 1. The number of H-pyrrole nitrogens is 1. The third-order valence-electron chi connectivity index (χ3n) is 5.84. The maximum Gasteiger partial charge on any atom is 0.261 e. The molecule has 2 atom stereocenters. The summed E-state index contributed by atoms with van der Waals surface area (Å²) in [6, 6.07) is 8.20. The second-order valence-electron chi connectivity index (χ2n) is 8.20. The van der Waals surface area contributed by atoms with Crippen LogP contribution in [0.1, 0.15) is 26.3 Å². The van der Waals surface area contributed by atoms with Gasteiger partial charge in [-0.2, -0.15) is 5.10 Å². The van der Waals surface area contributed by atoms with Crippen molar-refractivity contribution in [3.05, 3.63) is 46.9 Å². The Bertz CT molecular complexity index is 1280. The van der Waals surface area contributed by atoms with E-state index in [4.69, 9.17) is 9.84 Å². The lowest BCUT2D eigenvalue weighted by Crippen LogP contribution is -2.32. The van der Waals surface area contributed by atoms with Crippen LogP contribution >= 0.6 is 0 Å². The Morgan fingerprint density at radius 3 is 2.75 bits per heavy atom. The van der Waals surface area contributed by atoms with Gasteiger partial charge in [0.05, 0.1) is 28.3 Å². The zero-order valence-corrected chi connectivity index (χ0v) is 18.9. The quantitative estimate of drug-likeness (QED) is 0.527. The van der Waals surface area contributed by atoms with Crippen LogP contribution in [0.4, 0.5) is 11.5 Å². The van der Waals surface area contributed by atoms with Gasteiger partial charge in [-0.05, 0) is 57.3 Å². The van der Waals surface area contributed by atoms with Crippen molar-refractivity contribution in [1.29, 1.82) is 0 Å². The van der Waals surface area contributed by atoms with Crippen molar-refractivity contribution in [3.8, 4) is 0 Å². The molecule has 0 saturated carbocycles. The van der Waals surface area contributed by atoms with E-state index in [0.717, 1.165) is 6.42 Å².